The Balaban J connectivity index is 1.10. The van der Waals surface area contributed by atoms with Crippen LogP contribution < -0.4 is 31.1 Å². The molecule has 2 aliphatic rings. The Morgan fingerprint density at radius 2 is 0.557 bits per heavy atom. The van der Waals surface area contributed by atoms with Crippen molar-refractivity contribution >= 4 is 139 Å². The van der Waals surface area contributed by atoms with Crippen LogP contribution in [0.5, 0.6) is 0 Å². The molecular weight excluding hydrogens is 846 g/mol. The first kappa shape index (κ1) is 38.9. The lowest BCUT2D eigenvalue weighted by Gasteiger charge is -2.45. The Morgan fingerprint density at radius 1 is 0.243 bits per heavy atom. The summed E-state index contributed by atoms with van der Waals surface area (Å²) in [5, 5.41) is 14.6. The van der Waals surface area contributed by atoms with E-state index >= 15 is 0 Å². The van der Waals surface area contributed by atoms with Crippen LogP contribution in [0.2, 0.25) is 0 Å². The quantitative estimate of drug-likeness (QED) is 0.159. The highest BCUT2D eigenvalue weighted by molar-refractivity contribution is 7.00. The van der Waals surface area contributed by atoms with Crippen LogP contribution >= 0.6 is 0 Å². The molecule has 70 heavy (non-hydrogen) atoms. The summed E-state index contributed by atoms with van der Waals surface area (Å²) < 4.78 is 0. The van der Waals surface area contributed by atoms with Crippen LogP contribution in [-0.4, -0.2) is 6.71 Å². The molecule has 0 spiro atoms. The van der Waals surface area contributed by atoms with Crippen molar-refractivity contribution < 1.29 is 0 Å². The van der Waals surface area contributed by atoms with Crippen molar-refractivity contribution in [1.82, 2.24) is 0 Å². The molecule has 0 saturated carbocycles. The summed E-state index contributed by atoms with van der Waals surface area (Å²) in [4.78, 5) is 7.61. The molecule has 0 amide bonds. The zero-order chi connectivity index (χ0) is 45.9. The van der Waals surface area contributed by atoms with Crippen molar-refractivity contribution in [3.05, 3.63) is 255 Å². The monoisotopic (exact) mass is 887 g/mol. The van der Waals surface area contributed by atoms with Crippen LogP contribution in [0, 0.1) is 0 Å². The second-order valence-corrected chi connectivity index (χ2v) is 19.0. The lowest BCUT2D eigenvalue weighted by atomic mass is 9.33. The van der Waals surface area contributed by atoms with Gasteiger partial charge >= 0.3 is 0 Å². The molecule has 0 N–H and O–H groups in total. The number of rotatable bonds is 5. The molecule has 4 heteroatoms. The van der Waals surface area contributed by atoms with Gasteiger partial charge in [-0.25, -0.2) is 0 Å². The third kappa shape index (κ3) is 6.03. The smallest absolute Gasteiger partial charge is 0.252 e. The number of hydrogen-bond donors (Lipinski definition) is 0. The van der Waals surface area contributed by atoms with E-state index in [-0.39, 0.29) is 6.71 Å². The third-order valence-electron chi connectivity index (χ3n) is 15.0. The van der Waals surface area contributed by atoms with E-state index in [0.29, 0.717) is 0 Å². The van der Waals surface area contributed by atoms with Crippen LogP contribution in [0.3, 0.4) is 0 Å². The topological polar surface area (TPSA) is 9.72 Å². The molecule has 0 unspecified atom stereocenters. The van der Waals surface area contributed by atoms with Gasteiger partial charge in [0.15, 0.2) is 0 Å². The summed E-state index contributed by atoms with van der Waals surface area (Å²) in [5.74, 6) is 0. The molecule has 0 fully saturated rings. The van der Waals surface area contributed by atoms with Gasteiger partial charge in [-0.1, -0.05) is 182 Å². The third-order valence-corrected chi connectivity index (χ3v) is 15.0. The molecule has 2 heterocycles. The van der Waals surface area contributed by atoms with Crippen molar-refractivity contribution in [2.24, 2.45) is 0 Å². The number of anilines is 9. The van der Waals surface area contributed by atoms with Crippen molar-refractivity contribution in [2.75, 3.05) is 14.7 Å². The highest BCUT2D eigenvalue weighted by atomic mass is 15.2. The Bertz CT molecular complexity index is 4040. The summed E-state index contributed by atoms with van der Waals surface area (Å²) in [6.45, 7) is -0.0681. The fourth-order valence-corrected chi connectivity index (χ4v) is 11.7. The van der Waals surface area contributed by atoms with Gasteiger partial charge in [0.1, 0.15) is 0 Å². The van der Waals surface area contributed by atoms with Crippen LogP contribution in [0.25, 0.3) is 64.6 Å². The van der Waals surface area contributed by atoms with Gasteiger partial charge in [0.05, 0.1) is 5.69 Å². The summed E-state index contributed by atoms with van der Waals surface area (Å²) in [7, 11) is 0. The van der Waals surface area contributed by atoms with Crippen LogP contribution in [-0.2, 0) is 0 Å². The second kappa shape index (κ2) is 15.2. The van der Waals surface area contributed by atoms with Crippen molar-refractivity contribution in [1.29, 1.82) is 0 Å². The van der Waals surface area contributed by atoms with Gasteiger partial charge in [0.25, 0.3) is 6.71 Å². The standard InChI is InChI=1S/C66H42BN3/c1-5-17-47-33-55(29-25-43(47)13-1)68(56-30-26-44-14-2-6-18-48(44)34-56)59-41-64-66-65(42-59)70(58-32-28-46-16-4-8-20-50(46)36-58)63-40-54-24-12-10-22-52(54)38-61(63)67(66)60-37-51-21-9-11-23-53(51)39-62(60)69(64)57-31-27-45-15-3-7-19-49(45)35-57/h1-42H. The molecule has 13 aromatic rings. The SMILES string of the molecule is c1ccc2cc(N(c3cc4c5c(c3)N(c3ccc6ccccc6c3)c3cc6ccccc6cc3B5c3cc5ccccc5cc3N4c3ccc4ccccc4c3)c3ccc4ccccc4c3)ccc2c1. The van der Waals surface area contributed by atoms with Crippen molar-refractivity contribution in [3.8, 4) is 0 Å². The average Bonchev–Trinajstić information content (AvgIpc) is 3.41. The normalized spacial score (nSPS) is 12.8. The highest BCUT2D eigenvalue weighted by Gasteiger charge is 2.44. The zero-order valence-electron chi connectivity index (χ0n) is 38.2. The Kier molecular flexibility index (Phi) is 8.45. The predicted octanol–water partition coefficient (Wildman–Crippen LogP) is 16.2. The van der Waals surface area contributed by atoms with E-state index in [0.717, 1.165) is 39.8 Å². The maximum atomic E-state index is 2.57. The first-order valence-corrected chi connectivity index (χ1v) is 24.3. The van der Waals surface area contributed by atoms with Gasteiger partial charge in [-0.3, -0.25) is 0 Å². The minimum atomic E-state index is -0.0681. The molecule has 15 rings (SSSR count). The van der Waals surface area contributed by atoms with Gasteiger partial charge in [-0.05, 0) is 154 Å². The van der Waals surface area contributed by atoms with Crippen molar-refractivity contribution in [3.63, 3.8) is 0 Å². The number of nitrogens with zero attached hydrogens (tertiary/aromatic N) is 3. The van der Waals surface area contributed by atoms with E-state index in [1.54, 1.807) is 0 Å². The van der Waals surface area contributed by atoms with Crippen LogP contribution in [0.15, 0.2) is 255 Å². The summed E-state index contributed by atoms with van der Waals surface area (Å²) in [6.07, 6.45) is 0. The van der Waals surface area contributed by atoms with Gasteiger partial charge < -0.3 is 14.7 Å². The minimum Gasteiger partial charge on any atom is -0.311 e. The molecular formula is C66H42BN3. The Morgan fingerprint density at radius 3 is 0.943 bits per heavy atom. The maximum Gasteiger partial charge on any atom is 0.252 e. The first-order chi connectivity index (χ1) is 34.7. The molecule has 3 nitrogen and oxygen atoms in total. The molecule has 0 aliphatic carbocycles. The highest BCUT2D eigenvalue weighted by Crippen LogP contribution is 2.50. The second-order valence-electron chi connectivity index (χ2n) is 19.0. The fraction of sp³-hybridized carbons (Fsp3) is 0. The lowest BCUT2D eigenvalue weighted by molar-refractivity contribution is 1.23. The predicted molar refractivity (Wildman–Crippen MR) is 300 cm³/mol. The molecule has 13 aromatic carbocycles. The van der Waals surface area contributed by atoms with Gasteiger partial charge in [-0.15, -0.1) is 0 Å². The van der Waals surface area contributed by atoms with E-state index < -0.39 is 0 Å². The molecule has 0 radical (unpaired) electrons. The summed E-state index contributed by atoms with van der Waals surface area (Å²) in [5.41, 5.74) is 14.1. The number of benzene rings is 13. The van der Waals surface area contributed by atoms with Gasteiger partial charge in [0, 0.05) is 45.5 Å². The zero-order valence-corrected chi connectivity index (χ0v) is 38.2. The molecule has 0 saturated heterocycles. The molecule has 0 bridgehead atoms. The molecule has 0 atom stereocenters. The van der Waals surface area contributed by atoms with Crippen LogP contribution in [0.4, 0.5) is 51.2 Å². The number of hydrogen-bond acceptors (Lipinski definition) is 3. The van der Waals surface area contributed by atoms with E-state index in [4.69, 9.17) is 0 Å². The summed E-state index contributed by atoms with van der Waals surface area (Å²) in [6, 6.07) is 95.1. The molecule has 324 valence electrons. The lowest BCUT2D eigenvalue weighted by Crippen LogP contribution is -2.61. The number of fused-ring (bicyclic) bond motifs is 10. The van der Waals surface area contributed by atoms with E-state index in [1.165, 1.54) is 92.4 Å². The van der Waals surface area contributed by atoms with Gasteiger partial charge in [0.2, 0.25) is 0 Å². The molecule has 0 aromatic heterocycles. The fourth-order valence-electron chi connectivity index (χ4n) is 11.7. The summed E-state index contributed by atoms with van der Waals surface area (Å²) >= 11 is 0. The minimum absolute atomic E-state index is 0.0681. The van der Waals surface area contributed by atoms with E-state index in [1.807, 2.05) is 0 Å². The largest absolute Gasteiger partial charge is 0.311 e. The van der Waals surface area contributed by atoms with E-state index in [2.05, 4.69) is 269 Å². The van der Waals surface area contributed by atoms with Crippen molar-refractivity contribution in [2.45, 2.75) is 0 Å². The maximum absolute atomic E-state index is 2.57. The van der Waals surface area contributed by atoms with Gasteiger partial charge in [-0.2, -0.15) is 0 Å². The van der Waals surface area contributed by atoms with Crippen LogP contribution in [0.1, 0.15) is 0 Å². The molecule has 2 aliphatic heterocycles. The Hall–Kier alpha value is -9.12. The Labute approximate surface area is 406 Å². The van der Waals surface area contributed by atoms with E-state index in [9.17, 15) is 0 Å². The first-order valence-electron chi connectivity index (χ1n) is 24.3. The average molecular weight is 888 g/mol.